The Bertz CT molecular complexity index is 511. The summed E-state index contributed by atoms with van der Waals surface area (Å²) in [6.07, 6.45) is 4.08. The van der Waals surface area contributed by atoms with Crippen molar-refractivity contribution < 1.29 is 14.3 Å². The van der Waals surface area contributed by atoms with Crippen molar-refractivity contribution in [3.63, 3.8) is 0 Å². The van der Waals surface area contributed by atoms with Crippen molar-refractivity contribution in [1.29, 1.82) is 10.8 Å². The number of fused-ring (bicyclic) bond motifs is 1. The molecule has 0 aliphatic carbocycles. The van der Waals surface area contributed by atoms with Crippen LogP contribution in [0.3, 0.4) is 0 Å². The van der Waals surface area contributed by atoms with Crippen LogP contribution in [0.2, 0.25) is 0 Å². The molecule has 0 fully saturated rings. The van der Waals surface area contributed by atoms with E-state index in [-0.39, 0.29) is 18.3 Å². The van der Waals surface area contributed by atoms with Crippen molar-refractivity contribution in [1.82, 2.24) is 0 Å². The van der Waals surface area contributed by atoms with Gasteiger partial charge in [-0.2, -0.15) is 0 Å². The van der Waals surface area contributed by atoms with Crippen molar-refractivity contribution >= 4 is 17.7 Å². The van der Waals surface area contributed by atoms with E-state index in [1.807, 2.05) is 0 Å². The van der Waals surface area contributed by atoms with Gasteiger partial charge in [-0.15, -0.1) is 0 Å². The zero-order chi connectivity index (χ0) is 13.7. The molecule has 0 bridgehead atoms. The van der Waals surface area contributed by atoms with Crippen LogP contribution in [0.1, 0.15) is 36.0 Å². The Balaban J connectivity index is 1.95. The maximum absolute atomic E-state index is 12.0. The standard InChI is InChI=1S/C14H16N2O3/c15-7-3-1-2-4-11(16)14(17)10-5-6-12-13(8-10)19-9-18-12/h5-8,15-16H,1-4,9H2. The van der Waals surface area contributed by atoms with Crippen molar-refractivity contribution in [3.05, 3.63) is 23.8 Å². The number of ketones is 1. The molecular weight excluding hydrogens is 244 g/mol. The highest BCUT2D eigenvalue weighted by Gasteiger charge is 2.18. The Morgan fingerprint density at radius 3 is 2.84 bits per heavy atom. The second kappa shape index (κ2) is 6.13. The van der Waals surface area contributed by atoms with Gasteiger partial charge >= 0.3 is 0 Å². The summed E-state index contributed by atoms with van der Waals surface area (Å²) >= 11 is 0. The molecule has 2 rings (SSSR count). The number of Topliss-reactive ketones (excluding diaryl/α,β-unsaturated/α-hetero) is 1. The molecule has 0 amide bonds. The molecule has 1 aliphatic heterocycles. The smallest absolute Gasteiger partial charge is 0.231 e. The fraction of sp³-hybridized carbons (Fsp3) is 0.357. The molecule has 0 saturated carbocycles. The molecule has 1 aromatic rings. The van der Waals surface area contributed by atoms with Crippen LogP contribution in [0.4, 0.5) is 0 Å². The largest absolute Gasteiger partial charge is 0.454 e. The highest BCUT2D eigenvalue weighted by Crippen LogP contribution is 2.32. The van der Waals surface area contributed by atoms with Crippen LogP contribution in [0.25, 0.3) is 0 Å². The summed E-state index contributed by atoms with van der Waals surface area (Å²) in [5.74, 6) is 0.921. The number of benzene rings is 1. The highest BCUT2D eigenvalue weighted by molar-refractivity contribution is 6.44. The van der Waals surface area contributed by atoms with Gasteiger partial charge in [0.05, 0.1) is 5.71 Å². The second-order valence-electron chi connectivity index (χ2n) is 4.33. The van der Waals surface area contributed by atoms with Gasteiger partial charge in [0, 0.05) is 5.56 Å². The molecule has 5 nitrogen and oxygen atoms in total. The van der Waals surface area contributed by atoms with Crippen LogP contribution in [0.5, 0.6) is 11.5 Å². The van der Waals surface area contributed by atoms with Crippen LogP contribution < -0.4 is 9.47 Å². The van der Waals surface area contributed by atoms with Gasteiger partial charge < -0.3 is 20.3 Å². The lowest BCUT2D eigenvalue weighted by Gasteiger charge is -2.04. The topological polar surface area (TPSA) is 83.2 Å². The van der Waals surface area contributed by atoms with E-state index in [9.17, 15) is 4.79 Å². The molecule has 0 unspecified atom stereocenters. The Morgan fingerprint density at radius 1 is 1.26 bits per heavy atom. The van der Waals surface area contributed by atoms with Gasteiger partial charge in [-0.3, -0.25) is 4.79 Å². The van der Waals surface area contributed by atoms with E-state index in [0.717, 1.165) is 12.8 Å². The van der Waals surface area contributed by atoms with Gasteiger partial charge in [0.1, 0.15) is 0 Å². The van der Waals surface area contributed by atoms with Crippen molar-refractivity contribution in [2.75, 3.05) is 6.79 Å². The van der Waals surface area contributed by atoms with Crippen LogP contribution in [-0.2, 0) is 0 Å². The first kappa shape index (κ1) is 13.3. The van der Waals surface area contributed by atoms with Gasteiger partial charge in [0.2, 0.25) is 12.6 Å². The van der Waals surface area contributed by atoms with Crippen molar-refractivity contribution in [2.24, 2.45) is 0 Å². The van der Waals surface area contributed by atoms with E-state index in [1.54, 1.807) is 18.2 Å². The molecule has 5 heteroatoms. The average Bonchev–Trinajstić information content (AvgIpc) is 2.89. The zero-order valence-electron chi connectivity index (χ0n) is 10.6. The number of hydrogen-bond acceptors (Lipinski definition) is 5. The molecule has 0 atom stereocenters. The molecule has 0 spiro atoms. The Morgan fingerprint density at radius 2 is 2.05 bits per heavy atom. The lowest BCUT2D eigenvalue weighted by Crippen LogP contribution is -2.13. The van der Waals surface area contributed by atoms with Crippen LogP contribution in [0.15, 0.2) is 18.2 Å². The van der Waals surface area contributed by atoms with Crippen LogP contribution in [0, 0.1) is 10.8 Å². The van der Waals surface area contributed by atoms with Crippen LogP contribution >= 0.6 is 0 Å². The quantitative estimate of drug-likeness (QED) is 0.449. The van der Waals surface area contributed by atoms with E-state index in [0.29, 0.717) is 29.9 Å². The summed E-state index contributed by atoms with van der Waals surface area (Å²) in [5, 5.41) is 14.7. The average molecular weight is 260 g/mol. The molecule has 1 aliphatic rings. The number of hydrogen-bond donors (Lipinski definition) is 2. The normalized spacial score (nSPS) is 12.2. The van der Waals surface area contributed by atoms with Gasteiger partial charge in [-0.05, 0) is 50.1 Å². The first-order valence-electron chi connectivity index (χ1n) is 6.23. The third-order valence-corrected chi connectivity index (χ3v) is 2.93. The molecule has 0 aromatic heterocycles. The number of nitrogens with one attached hydrogen (secondary N) is 2. The third kappa shape index (κ3) is 3.19. The Hall–Kier alpha value is -2.17. The third-order valence-electron chi connectivity index (χ3n) is 2.93. The predicted molar refractivity (Wildman–Crippen MR) is 71.9 cm³/mol. The van der Waals surface area contributed by atoms with E-state index >= 15 is 0 Å². The first-order valence-corrected chi connectivity index (χ1v) is 6.23. The first-order chi connectivity index (χ1) is 9.22. The lowest BCUT2D eigenvalue weighted by molar-refractivity contribution is 0.106. The fourth-order valence-corrected chi connectivity index (χ4v) is 1.87. The van der Waals surface area contributed by atoms with E-state index < -0.39 is 0 Å². The van der Waals surface area contributed by atoms with Crippen molar-refractivity contribution in [3.8, 4) is 11.5 Å². The second-order valence-corrected chi connectivity index (χ2v) is 4.33. The van der Waals surface area contributed by atoms with Crippen molar-refractivity contribution in [2.45, 2.75) is 25.7 Å². The summed E-state index contributed by atoms with van der Waals surface area (Å²) in [6, 6.07) is 4.97. The lowest BCUT2D eigenvalue weighted by atomic mass is 10.0. The number of unbranched alkanes of at least 4 members (excludes halogenated alkanes) is 2. The molecule has 0 saturated heterocycles. The molecule has 100 valence electrons. The van der Waals surface area contributed by atoms with Gasteiger partial charge in [0.25, 0.3) is 0 Å². The van der Waals surface area contributed by atoms with E-state index in [4.69, 9.17) is 20.3 Å². The Labute approximate surface area is 111 Å². The summed E-state index contributed by atoms with van der Waals surface area (Å²) in [5.41, 5.74) is 0.560. The van der Waals surface area contributed by atoms with Crippen LogP contribution in [-0.4, -0.2) is 24.5 Å². The molecule has 1 aromatic carbocycles. The number of carbonyl (C=O) groups is 1. The van der Waals surface area contributed by atoms with Gasteiger partial charge in [-0.1, -0.05) is 0 Å². The molecule has 2 N–H and O–H groups in total. The Kier molecular flexibility index (Phi) is 4.28. The monoisotopic (exact) mass is 260 g/mol. The molecule has 1 heterocycles. The molecule has 0 radical (unpaired) electrons. The minimum absolute atomic E-state index is 0.101. The summed E-state index contributed by atoms with van der Waals surface area (Å²) in [4.78, 5) is 12.0. The number of rotatable bonds is 7. The van der Waals surface area contributed by atoms with E-state index in [2.05, 4.69) is 0 Å². The summed E-state index contributed by atoms with van der Waals surface area (Å²) < 4.78 is 10.4. The maximum atomic E-state index is 12.0. The number of carbonyl (C=O) groups excluding carboxylic acids is 1. The van der Waals surface area contributed by atoms with E-state index in [1.165, 1.54) is 6.21 Å². The molecular formula is C14H16N2O3. The van der Waals surface area contributed by atoms with Gasteiger partial charge in [0.15, 0.2) is 11.5 Å². The number of ether oxygens (including phenoxy) is 2. The SMILES string of the molecule is N=CCCCCC(=N)C(=O)c1ccc2c(c1)OCO2. The minimum Gasteiger partial charge on any atom is -0.454 e. The fourth-order valence-electron chi connectivity index (χ4n) is 1.87. The maximum Gasteiger partial charge on any atom is 0.231 e. The summed E-state index contributed by atoms with van der Waals surface area (Å²) in [6.45, 7) is 0.175. The minimum atomic E-state index is -0.270. The highest BCUT2D eigenvalue weighted by atomic mass is 16.7. The van der Waals surface area contributed by atoms with Gasteiger partial charge in [-0.25, -0.2) is 0 Å². The predicted octanol–water partition coefficient (Wildman–Crippen LogP) is 2.83. The molecule has 19 heavy (non-hydrogen) atoms. The summed E-state index contributed by atoms with van der Waals surface area (Å²) in [7, 11) is 0. The zero-order valence-corrected chi connectivity index (χ0v) is 10.6.